The molecule has 1 aromatic rings. The third-order valence-electron chi connectivity index (χ3n) is 3.58. The monoisotopic (exact) mass is 294 g/mol. The van der Waals surface area contributed by atoms with Gasteiger partial charge in [0.2, 0.25) is 5.91 Å². The molecule has 116 valence electrons. The molecule has 21 heavy (non-hydrogen) atoms. The molecule has 1 aliphatic carbocycles. The first-order chi connectivity index (χ1) is 9.75. The minimum absolute atomic E-state index is 0.0349. The van der Waals surface area contributed by atoms with Gasteiger partial charge in [-0.05, 0) is 19.8 Å². The van der Waals surface area contributed by atoms with E-state index in [0.717, 1.165) is 12.8 Å². The Kier molecular flexibility index (Phi) is 4.02. The van der Waals surface area contributed by atoms with E-state index in [9.17, 15) is 14.7 Å². The molecule has 0 saturated heterocycles. The average molecular weight is 294 g/mol. The standard InChI is InChI=1S/C14H22N4O3/c1-5-17(9-6-7-9)10(19)8-18-12(14(2,3)4)11(13(20)21)15-16-18/h9H,5-8H2,1-4H3,(H,20,21). The highest BCUT2D eigenvalue weighted by Crippen LogP contribution is 2.28. The average Bonchev–Trinajstić information content (AvgIpc) is 3.08. The number of carboxylic acid groups (broad SMARTS) is 1. The maximum absolute atomic E-state index is 12.4. The number of aromatic carboxylic acids is 1. The van der Waals surface area contributed by atoms with Crippen LogP contribution in [0.2, 0.25) is 0 Å². The van der Waals surface area contributed by atoms with Crippen molar-refractivity contribution in [3.8, 4) is 0 Å². The van der Waals surface area contributed by atoms with E-state index in [0.29, 0.717) is 18.3 Å². The highest BCUT2D eigenvalue weighted by atomic mass is 16.4. The Morgan fingerprint density at radius 3 is 2.43 bits per heavy atom. The molecule has 7 heteroatoms. The van der Waals surface area contributed by atoms with E-state index in [4.69, 9.17) is 0 Å². The fraction of sp³-hybridized carbons (Fsp3) is 0.714. The van der Waals surface area contributed by atoms with Crippen molar-refractivity contribution >= 4 is 11.9 Å². The number of carboxylic acids is 1. The molecule has 1 aromatic heterocycles. The largest absolute Gasteiger partial charge is 0.476 e. The number of hydrogen-bond donors (Lipinski definition) is 1. The summed E-state index contributed by atoms with van der Waals surface area (Å²) < 4.78 is 1.43. The van der Waals surface area contributed by atoms with Crippen LogP contribution in [0.3, 0.4) is 0 Å². The Hall–Kier alpha value is -1.92. The van der Waals surface area contributed by atoms with E-state index in [1.807, 2.05) is 32.6 Å². The molecular weight excluding hydrogens is 272 g/mol. The van der Waals surface area contributed by atoms with Gasteiger partial charge in [-0.25, -0.2) is 9.48 Å². The topological polar surface area (TPSA) is 88.3 Å². The Balaban J connectivity index is 2.27. The summed E-state index contributed by atoms with van der Waals surface area (Å²) in [5.41, 5.74) is -0.0475. The molecule has 0 radical (unpaired) electrons. The molecular formula is C14H22N4O3. The van der Waals surface area contributed by atoms with Crippen LogP contribution in [0.25, 0.3) is 0 Å². The molecule has 7 nitrogen and oxygen atoms in total. The second-order valence-corrected chi connectivity index (χ2v) is 6.41. The summed E-state index contributed by atoms with van der Waals surface area (Å²) in [6, 6.07) is 0.336. The lowest BCUT2D eigenvalue weighted by Crippen LogP contribution is -2.37. The zero-order chi connectivity index (χ0) is 15.8. The molecule has 1 N–H and O–H groups in total. The van der Waals surface area contributed by atoms with Crippen molar-refractivity contribution in [2.24, 2.45) is 0 Å². The molecule has 0 aliphatic heterocycles. The number of rotatable bonds is 5. The molecule has 0 unspecified atom stereocenters. The first-order valence-corrected chi connectivity index (χ1v) is 7.22. The number of carbonyl (C=O) groups excluding carboxylic acids is 1. The number of amides is 1. The van der Waals surface area contributed by atoms with E-state index in [1.54, 1.807) is 0 Å². The van der Waals surface area contributed by atoms with Crippen molar-refractivity contribution in [2.45, 2.75) is 58.5 Å². The molecule has 1 aliphatic rings. The molecule has 0 spiro atoms. The van der Waals surface area contributed by atoms with Crippen molar-refractivity contribution in [1.29, 1.82) is 0 Å². The quantitative estimate of drug-likeness (QED) is 0.884. The van der Waals surface area contributed by atoms with Gasteiger partial charge in [-0.1, -0.05) is 26.0 Å². The normalized spacial score (nSPS) is 15.0. The third kappa shape index (κ3) is 3.22. The third-order valence-corrected chi connectivity index (χ3v) is 3.58. The number of hydrogen-bond acceptors (Lipinski definition) is 4. The minimum atomic E-state index is -1.12. The fourth-order valence-corrected chi connectivity index (χ4v) is 2.55. The van der Waals surface area contributed by atoms with Gasteiger partial charge in [0.1, 0.15) is 6.54 Å². The molecule has 0 atom stereocenters. The lowest BCUT2D eigenvalue weighted by Gasteiger charge is -2.23. The summed E-state index contributed by atoms with van der Waals surface area (Å²) in [7, 11) is 0. The smallest absolute Gasteiger partial charge is 0.358 e. The maximum Gasteiger partial charge on any atom is 0.358 e. The zero-order valence-corrected chi connectivity index (χ0v) is 13.0. The Morgan fingerprint density at radius 2 is 2.00 bits per heavy atom. The van der Waals surface area contributed by atoms with Gasteiger partial charge in [0.25, 0.3) is 0 Å². The number of aromatic nitrogens is 3. The van der Waals surface area contributed by atoms with Gasteiger partial charge in [0.15, 0.2) is 5.69 Å². The summed E-state index contributed by atoms with van der Waals surface area (Å²) in [4.78, 5) is 25.5. The van der Waals surface area contributed by atoms with Gasteiger partial charge in [0.05, 0.1) is 5.69 Å². The van der Waals surface area contributed by atoms with E-state index < -0.39 is 11.4 Å². The minimum Gasteiger partial charge on any atom is -0.476 e. The van der Waals surface area contributed by atoms with Crippen LogP contribution < -0.4 is 0 Å². The van der Waals surface area contributed by atoms with Crippen LogP contribution in [0.15, 0.2) is 0 Å². The van der Waals surface area contributed by atoms with Crippen LogP contribution in [0.1, 0.15) is 56.7 Å². The summed E-state index contributed by atoms with van der Waals surface area (Å²) in [5, 5.41) is 16.8. The van der Waals surface area contributed by atoms with E-state index in [1.165, 1.54) is 4.68 Å². The van der Waals surface area contributed by atoms with E-state index >= 15 is 0 Å². The van der Waals surface area contributed by atoms with Crippen molar-refractivity contribution < 1.29 is 14.7 Å². The molecule has 2 rings (SSSR count). The Labute approximate surface area is 123 Å². The molecule has 1 amide bonds. The van der Waals surface area contributed by atoms with Gasteiger partial charge in [0, 0.05) is 18.0 Å². The second-order valence-electron chi connectivity index (χ2n) is 6.41. The lowest BCUT2D eigenvalue weighted by atomic mass is 9.90. The fourth-order valence-electron chi connectivity index (χ4n) is 2.55. The lowest BCUT2D eigenvalue weighted by molar-refractivity contribution is -0.132. The van der Waals surface area contributed by atoms with Crippen LogP contribution in [-0.2, 0) is 16.8 Å². The van der Waals surface area contributed by atoms with Gasteiger partial charge < -0.3 is 10.0 Å². The van der Waals surface area contributed by atoms with Gasteiger partial charge in [-0.3, -0.25) is 4.79 Å². The molecule has 1 fully saturated rings. The van der Waals surface area contributed by atoms with Crippen LogP contribution in [0.5, 0.6) is 0 Å². The Morgan fingerprint density at radius 1 is 1.38 bits per heavy atom. The first-order valence-electron chi connectivity index (χ1n) is 7.22. The van der Waals surface area contributed by atoms with Crippen molar-refractivity contribution in [3.63, 3.8) is 0 Å². The van der Waals surface area contributed by atoms with Crippen LogP contribution in [0, 0.1) is 0 Å². The molecule has 0 bridgehead atoms. The van der Waals surface area contributed by atoms with Crippen molar-refractivity contribution in [1.82, 2.24) is 19.9 Å². The molecule has 0 aromatic carbocycles. The number of carbonyl (C=O) groups is 2. The highest BCUT2D eigenvalue weighted by molar-refractivity contribution is 5.87. The van der Waals surface area contributed by atoms with Crippen LogP contribution in [0.4, 0.5) is 0 Å². The van der Waals surface area contributed by atoms with Crippen molar-refractivity contribution in [2.75, 3.05) is 6.54 Å². The van der Waals surface area contributed by atoms with Crippen molar-refractivity contribution in [3.05, 3.63) is 11.4 Å². The molecule has 1 heterocycles. The number of nitrogens with zero attached hydrogens (tertiary/aromatic N) is 4. The maximum atomic E-state index is 12.4. The summed E-state index contributed by atoms with van der Waals surface area (Å²) in [6.45, 7) is 8.31. The number of likely N-dealkylation sites (N-methyl/N-ethyl adjacent to an activating group) is 1. The van der Waals surface area contributed by atoms with Gasteiger partial charge >= 0.3 is 5.97 Å². The predicted molar refractivity (Wildman–Crippen MR) is 76.1 cm³/mol. The van der Waals surface area contributed by atoms with Crippen LogP contribution >= 0.6 is 0 Å². The summed E-state index contributed by atoms with van der Waals surface area (Å²) in [6.07, 6.45) is 2.09. The van der Waals surface area contributed by atoms with Gasteiger partial charge in [-0.2, -0.15) is 0 Å². The molecule has 1 saturated carbocycles. The van der Waals surface area contributed by atoms with E-state index in [-0.39, 0.29) is 18.1 Å². The highest BCUT2D eigenvalue weighted by Gasteiger charge is 2.34. The second kappa shape index (κ2) is 5.46. The van der Waals surface area contributed by atoms with Gasteiger partial charge in [-0.15, -0.1) is 5.10 Å². The van der Waals surface area contributed by atoms with E-state index in [2.05, 4.69) is 10.3 Å². The van der Waals surface area contributed by atoms with Crippen LogP contribution in [-0.4, -0.2) is 49.5 Å². The first kappa shape index (κ1) is 15.5. The predicted octanol–water partition coefficient (Wildman–Crippen LogP) is 1.28. The zero-order valence-electron chi connectivity index (χ0n) is 13.0. The Bertz CT molecular complexity index is 555. The SMILES string of the molecule is CCN(C(=O)Cn1nnc(C(=O)O)c1C(C)(C)C)C1CC1. The summed E-state index contributed by atoms with van der Waals surface area (Å²) >= 11 is 0. The summed E-state index contributed by atoms with van der Waals surface area (Å²) in [5.74, 6) is -1.15.